The molecule has 2 rings (SSSR count). The first-order valence-corrected chi connectivity index (χ1v) is 9.23. The Labute approximate surface area is 161 Å². The first kappa shape index (κ1) is 19.8. The second-order valence-electron chi connectivity index (χ2n) is 5.37. The number of carbonyl (C=O) groups is 2. The van der Waals surface area contributed by atoms with Gasteiger partial charge in [0.05, 0.1) is 18.1 Å². The molecular formula is C19H17ClN2O3S. The van der Waals surface area contributed by atoms with Crippen molar-refractivity contribution < 1.29 is 14.3 Å². The van der Waals surface area contributed by atoms with Crippen molar-refractivity contribution in [3.05, 3.63) is 59.1 Å². The van der Waals surface area contributed by atoms with Gasteiger partial charge in [0.15, 0.2) is 6.10 Å². The number of carbonyl (C=O) groups excluding carboxylic acids is 2. The van der Waals surface area contributed by atoms with E-state index in [2.05, 4.69) is 5.32 Å². The Morgan fingerprint density at radius 2 is 2.00 bits per heavy atom. The zero-order valence-electron chi connectivity index (χ0n) is 14.1. The van der Waals surface area contributed by atoms with Crippen molar-refractivity contribution in [2.75, 3.05) is 11.1 Å². The molecule has 0 unspecified atom stereocenters. The second-order valence-corrected chi connectivity index (χ2v) is 6.97. The maximum atomic E-state index is 12.1. The predicted molar refractivity (Wildman–Crippen MR) is 102 cm³/mol. The van der Waals surface area contributed by atoms with E-state index in [1.54, 1.807) is 36.4 Å². The van der Waals surface area contributed by atoms with Crippen LogP contribution < -0.4 is 5.32 Å². The summed E-state index contributed by atoms with van der Waals surface area (Å²) >= 11 is 7.33. The van der Waals surface area contributed by atoms with Crippen LogP contribution in [-0.4, -0.2) is 23.7 Å². The molecule has 0 saturated carbocycles. The fraction of sp³-hybridized carbons (Fsp3) is 0.211. The summed E-state index contributed by atoms with van der Waals surface area (Å²) in [5.74, 6) is -0.349. The number of thioether (sulfide) groups is 1. The highest BCUT2D eigenvalue weighted by Gasteiger charge is 2.18. The van der Waals surface area contributed by atoms with E-state index in [-0.39, 0.29) is 6.42 Å². The van der Waals surface area contributed by atoms with Gasteiger partial charge >= 0.3 is 5.97 Å². The van der Waals surface area contributed by atoms with Crippen molar-refractivity contribution in [3.63, 3.8) is 0 Å². The number of halogens is 1. The topological polar surface area (TPSA) is 79.2 Å². The number of ether oxygens (including phenoxy) is 1. The Balaban J connectivity index is 1.75. The average Bonchev–Trinajstić information content (AvgIpc) is 2.63. The Morgan fingerprint density at radius 1 is 1.27 bits per heavy atom. The maximum absolute atomic E-state index is 12.1. The van der Waals surface area contributed by atoms with E-state index in [1.165, 1.54) is 18.7 Å². The lowest BCUT2D eigenvalue weighted by atomic mass is 10.2. The lowest BCUT2D eigenvalue weighted by Crippen LogP contribution is -2.30. The largest absolute Gasteiger partial charge is 0.453 e. The molecule has 0 heterocycles. The van der Waals surface area contributed by atoms with E-state index in [0.29, 0.717) is 22.0 Å². The molecule has 1 atom stereocenters. The van der Waals surface area contributed by atoms with Crippen molar-refractivity contribution in [2.24, 2.45) is 0 Å². The van der Waals surface area contributed by atoms with E-state index in [0.717, 1.165) is 4.90 Å². The van der Waals surface area contributed by atoms with Gasteiger partial charge in [0.2, 0.25) is 0 Å². The van der Waals surface area contributed by atoms with Gasteiger partial charge in [-0.15, -0.1) is 11.8 Å². The van der Waals surface area contributed by atoms with Crippen molar-refractivity contribution in [1.82, 2.24) is 0 Å². The summed E-state index contributed by atoms with van der Waals surface area (Å²) in [6, 6.07) is 15.8. The van der Waals surface area contributed by atoms with Gasteiger partial charge in [0.1, 0.15) is 0 Å². The molecule has 0 saturated heterocycles. The smallest absolute Gasteiger partial charge is 0.307 e. The van der Waals surface area contributed by atoms with Gasteiger partial charge < -0.3 is 10.1 Å². The highest BCUT2D eigenvalue weighted by Crippen LogP contribution is 2.21. The van der Waals surface area contributed by atoms with E-state index < -0.39 is 18.0 Å². The molecule has 0 bridgehead atoms. The number of anilines is 1. The Bertz CT molecular complexity index is 818. The third-order valence-corrected chi connectivity index (χ3v) is 4.59. The molecule has 0 aromatic heterocycles. The summed E-state index contributed by atoms with van der Waals surface area (Å²) in [5, 5.41) is 12.1. The standard InChI is InChI=1S/C19H17ClN2O3S/c1-13(19(24)22-16-4-2-3-14(11-16)12-21)25-18(23)9-10-26-17-7-5-15(20)6-8-17/h2-8,11,13H,9-10H2,1H3,(H,22,24)/t13-/m1/s1. The van der Waals surface area contributed by atoms with Crippen LogP contribution in [0.2, 0.25) is 5.02 Å². The summed E-state index contributed by atoms with van der Waals surface area (Å²) in [6.45, 7) is 1.51. The van der Waals surface area contributed by atoms with E-state index in [1.807, 2.05) is 18.2 Å². The van der Waals surface area contributed by atoms with Crippen LogP contribution in [0.5, 0.6) is 0 Å². The molecule has 134 valence electrons. The number of hydrogen-bond donors (Lipinski definition) is 1. The van der Waals surface area contributed by atoms with Gasteiger partial charge in [-0.05, 0) is 49.4 Å². The monoisotopic (exact) mass is 388 g/mol. The summed E-state index contributed by atoms with van der Waals surface area (Å²) in [7, 11) is 0. The minimum Gasteiger partial charge on any atom is -0.453 e. The molecule has 0 fully saturated rings. The molecule has 0 aliphatic heterocycles. The van der Waals surface area contributed by atoms with Crippen molar-refractivity contribution in [3.8, 4) is 6.07 Å². The molecule has 0 aliphatic carbocycles. The molecule has 0 aliphatic rings. The Hall–Kier alpha value is -2.49. The summed E-state index contributed by atoms with van der Waals surface area (Å²) < 4.78 is 5.15. The molecular weight excluding hydrogens is 372 g/mol. The first-order valence-electron chi connectivity index (χ1n) is 7.87. The molecule has 2 aromatic carbocycles. The fourth-order valence-electron chi connectivity index (χ4n) is 2.00. The highest BCUT2D eigenvalue weighted by atomic mass is 35.5. The van der Waals surface area contributed by atoms with Gasteiger partial charge in [-0.3, -0.25) is 9.59 Å². The van der Waals surface area contributed by atoms with Crippen LogP contribution in [0.25, 0.3) is 0 Å². The predicted octanol–water partition coefficient (Wildman–Crippen LogP) is 4.26. The number of esters is 1. The lowest BCUT2D eigenvalue weighted by Gasteiger charge is -2.13. The minimum atomic E-state index is -0.922. The van der Waals surface area contributed by atoms with Crippen molar-refractivity contribution >= 4 is 40.9 Å². The quantitative estimate of drug-likeness (QED) is 0.566. The normalized spacial score (nSPS) is 11.3. The van der Waals surface area contributed by atoms with E-state index in [9.17, 15) is 9.59 Å². The van der Waals surface area contributed by atoms with Gasteiger partial charge in [-0.2, -0.15) is 5.26 Å². The number of nitrogens with zero attached hydrogens (tertiary/aromatic N) is 1. The number of benzene rings is 2. The Morgan fingerprint density at radius 3 is 2.69 bits per heavy atom. The summed E-state index contributed by atoms with van der Waals surface area (Å²) in [6.07, 6.45) is -0.733. The third-order valence-electron chi connectivity index (χ3n) is 3.33. The van der Waals surface area contributed by atoms with E-state index >= 15 is 0 Å². The molecule has 1 amide bonds. The van der Waals surface area contributed by atoms with Crippen LogP contribution in [0.3, 0.4) is 0 Å². The number of nitrogens with one attached hydrogen (secondary N) is 1. The number of nitriles is 1. The van der Waals surface area contributed by atoms with Crippen molar-refractivity contribution in [1.29, 1.82) is 5.26 Å². The van der Waals surface area contributed by atoms with Crippen LogP contribution >= 0.6 is 23.4 Å². The van der Waals surface area contributed by atoms with Crippen LogP contribution in [0, 0.1) is 11.3 Å². The minimum absolute atomic E-state index is 0.189. The zero-order chi connectivity index (χ0) is 18.9. The number of rotatable bonds is 7. The third kappa shape index (κ3) is 6.43. The molecule has 0 radical (unpaired) electrons. The number of amides is 1. The molecule has 26 heavy (non-hydrogen) atoms. The lowest BCUT2D eigenvalue weighted by molar-refractivity contribution is -0.152. The molecule has 2 aromatic rings. The summed E-state index contributed by atoms with van der Waals surface area (Å²) in [4.78, 5) is 25.0. The average molecular weight is 389 g/mol. The van der Waals surface area contributed by atoms with Crippen LogP contribution in [-0.2, 0) is 14.3 Å². The van der Waals surface area contributed by atoms with Crippen molar-refractivity contribution in [2.45, 2.75) is 24.3 Å². The van der Waals surface area contributed by atoms with Gasteiger partial charge in [-0.25, -0.2) is 0 Å². The highest BCUT2D eigenvalue weighted by molar-refractivity contribution is 7.99. The van der Waals surface area contributed by atoms with E-state index in [4.69, 9.17) is 21.6 Å². The van der Waals surface area contributed by atoms with Gasteiger partial charge in [-0.1, -0.05) is 17.7 Å². The molecule has 0 spiro atoms. The fourth-order valence-corrected chi connectivity index (χ4v) is 2.96. The molecule has 1 N–H and O–H groups in total. The molecule has 7 heteroatoms. The van der Waals surface area contributed by atoms with Gasteiger partial charge in [0.25, 0.3) is 5.91 Å². The van der Waals surface area contributed by atoms with Crippen LogP contribution in [0.15, 0.2) is 53.4 Å². The SMILES string of the molecule is C[C@@H](OC(=O)CCSc1ccc(Cl)cc1)C(=O)Nc1cccc(C#N)c1. The van der Waals surface area contributed by atoms with Crippen LogP contribution in [0.1, 0.15) is 18.9 Å². The van der Waals surface area contributed by atoms with Gasteiger partial charge in [0, 0.05) is 21.4 Å². The second kappa shape index (κ2) is 9.85. The molecule has 5 nitrogen and oxygen atoms in total. The number of hydrogen-bond acceptors (Lipinski definition) is 5. The summed E-state index contributed by atoms with van der Waals surface area (Å²) in [5.41, 5.74) is 0.918. The van der Waals surface area contributed by atoms with Crippen LogP contribution in [0.4, 0.5) is 5.69 Å². The zero-order valence-corrected chi connectivity index (χ0v) is 15.6. The first-order chi connectivity index (χ1) is 12.5. The maximum Gasteiger partial charge on any atom is 0.307 e. The Kier molecular flexibility index (Phi) is 7.52.